The molecular formula is C12H18N2. The lowest BCUT2D eigenvalue weighted by molar-refractivity contribution is 0.838. The molecule has 0 spiro atoms. The molecule has 0 bridgehead atoms. The second-order valence-electron chi connectivity index (χ2n) is 3.58. The third-order valence-corrected chi connectivity index (χ3v) is 2.22. The number of unbranched alkanes of at least 4 members (excludes halogenated alkanes) is 1. The van der Waals surface area contributed by atoms with Crippen LogP contribution in [0.3, 0.4) is 0 Å². The number of anilines is 1. The minimum atomic E-state index is 1.08. The van der Waals surface area contributed by atoms with Crippen molar-refractivity contribution < 1.29 is 0 Å². The molecule has 1 aromatic heterocycles. The minimum absolute atomic E-state index is 1.08. The molecule has 1 heterocycles. The molecule has 0 radical (unpaired) electrons. The van der Waals surface area contributed by atoms with Crippen LogP contribution in [0.15, 0.2) is 31.1 Å². The summed E-state index contributed by atoms with van der Waals surface area (Å²) in [5.74, 6) is 0. The highest BCUT2D eigenvalue weighted by Gasteiger charge is 2.02. The zero-order chi connectivity index (χ0) is 10.4. The van der Waals surface area contributed by atoms with E-state index < -0.39 is 0 Å². The van der Waals surface area contributed by atoms with Crippen molar-refractivity contribution in [2.24, 2.45) is 0 Å². The molecule has 0 aliphatic carbocycles. The van der Waals surface area contributed by atoms with Crippen LogP contribution in [0.4, 0.5) is 5.69 Å². The van der Waals surface area contributed by atoms with E-state index in [1.807, 2.05) is 32.6 Å². The van der Waals surface area contributed by atoms with E-state index in [1.165, 1.54) is 11.3 Å². The van der Waals surface area contributed by atoms with Crippen molar-refractivity contribution in [1.29, 1.82) is 0 Å². The Labute approximate surface area is 86.3 Å². The van der Waals surface area contributed by atoms with Gasteiger partial charge < -0.3 is 4.90 Å². The Hall–Kier alpha value is -1.31. The molecule has 2 nitrogen and oxygen atoms in total. The van der Waals surface area contributed by atoms with Gasteiger partial charge in [-0.2, -0.15) is 0 Å². The Kier molecular flexibility index (Phi) is 4.17. The molecule has 0 aromatic carbocycles. The SMILES string of the molecule is C=CCCCc1ccncc1N(C)C. The number of hydrogen-bond donors (Lipinski definition) is 0. The van der Waals surface area contributed by atoms with Crippen LogP contribution < -0.4 is 4.90 Å². The topological polar surface area (TPSA) is 16.1 Å². The standard InChI is InChI=1S/C12H18N2/c1-4-5-6-7-11-8-9-13-10-12(11)14(2)3/h4,8-10H,1,5-7H2,2-3H3. The van der Waals surface area contributed by atoms with Gasteiger partial charge >= 0.3 is 0 Å². The fourth-order valence-electron chi connectivity index (χ4n) is 1.47. The Morgan fingerprint density at radius 1 is 1.50 bits per heavy atom. The number of nitrogens with zero attached hydrogens (tertiary/aromatic N) is 2. The molecule has 0 amide bonds. The van der Waals surface area contributed by atoms with Crippen molar-refractivity contribution in [1.82, 2.24) is 4.98 Å². The van der Waals surface area contributed by atoms with Crippen LogP contribution in [0.25, 0.3) is 0 Å². The van der Waals surface area contributed by atoms with E-state index in [1.54, 1.807) is 0 Å². The third-order valence-electron chi connectivity index (χ3n) is 2.22. The van der Waals surface area contributed by atoms with E-state index in [0.29, 0.717) is 0 Å². The van der Waals surface area contributed by atoms with Crippen molar-refractivity contribution in [3.05, 3.63) is 36.7 Å². The first-order chi connectivity index (χ1) is 6.75. The summed E-state index contributed by atoms with van der Waals surface area (Å²) in [5.41, 5.74) is 2.59. The molecule has 0 fully saturated rings. The lowest BCUT2D eigenvalue weighted by atomic mass is 10.1. The molecular weight excluding hydrogens is 172 g/mol. The average Bonchev–Trinajstić information content (AvgIpc) is 2.19. The van der Waals surface area contributed by atoms with Crippen LogP contribution in [-0.2, 0) is 6.42 Å². The summed E-state index contributed by atoms with van der Waals surface area (Å²) in [6, 6.07) is 2.10. The summed E-state index contributed by atoms with van der Waals surface area (Å²) in [6.07, 6.45) is 9.08. The fraction of sp³-hybridized carbons (Fsp3) is 0.417. The summed E-state index contributed by atoms with van der Waals surface area (Å²) in [6.45, 7) is 3.73. The maximum atomic E-state index is 4.13. The van der Waals surface area contributed by atoms with Crippen LogP contribution in [0.2, 0.25) is 0 Å². The number of rotatable bonds is 5. The second kappa shape index (κ2) is 5.43. The van der Waals surface area contributed by atoms with E-state index in [9.17, 15) is 0 Å². The Balaban J connectivity index is 2.69. The van der Waals surface area contributed by atoms with E-state index in [2.05, 4.69) is 22.5 Å². The highest BCUT2D eigenvalue weighted by Crippen LogP contribution is 2.18. The highest BCUT2D eigenvalue weighted by molar-refractivity contribution is 5.50. The van der Waals surface area contributed by atoms with Crippen LogP contribution in [0.1, 0.15) is 18.4 Å². The van der Waals surface area contributed by atoms with Crippen molar-refractivity contribution in [3.8, 4) is 0 Å². The van der Waals surface area contributed by atoms with Gasteiger partial charge in [-0.3, -0.25) is 4.98 Å². The van der Waals surface area contributed by atoms with Crippen LogP contribution in [-0.4, -0.2) is 19.1 Å². The summed E-state index contributed by atoms with van der Waals surface area (Å²) < 4.78 is 0. The molecule has 0 saturated heterocycles. The van der Waals surface area contributed by atoms with Gasteiger partial charge in [0.05, 0.1) is 11.9 Å². The number of aryl methyl sites for hydroxylation is 1. The van der Waals surface area contributed by atoms with Gasteiger partial charge in [-0.1, -0.05) is 6.08 Å². The molecule has 1 aromatic rings. The molecule has 0 saturated carbocycles. The lowest BCUT2D eigenvalue weighted by Gasteiger charge is -2.16. The Bertz CT molecular complexity index is 292. The van der Waals surface area contributed by atoms with Gasteiger partial charge in [0.1, 0.15) is 0 Å². The molecule has 0 N–H and O–H groups in total. The van der Waals surface area contributed by atoms with E-state index >= 15 is 0 Å². The first-order valence-electron chi connectivity index (χ1n) is 4.97. The third kappa shape index (κ3) is 2.87. The molecule has 0 atom stereocenters. The van der Waals surface area contributed by atoms with Crippen molar-refractivity contribution in [2.45, 2.75) is 19.3 Å². The largest absolute Gasteiger partial charge is 0.376 e. The van der Waals surface area contributed by atoms with Crippen molar-refractivity contribution >= 4 is 5.69 Å². The summed E-state index contributed by atoms with van der Waals surface area (Å²) in [7, 11) is 4.10. The van der Waals surface area contributed by atoms with E-state index in [4.69, 9.17) is 0 Å². The van der Waals surface area contributed by atoms with Gasteiger partial charge in [-0.15, -0.1) is 6.58 Å². The molecule has 1 rings (SSSR count). The smallest absolute Gasteiger partial charge is 0.0580 e. The van der Waals surface area contributed by atoms with Crippen LogP contribution in [0.5, 0.6) is 0 Å². The summed E-state index contributed by atoms with van der Waals surface area (Å²) in [5, 5.41) is 0. The maximum Gasteiger partial charge on any atom is 0.0580 e. The predicted octanol–water partition coefficient (Wildman–Crippen LogP) is 2.66. The first kappa shape index (κ1) is 10.8. The van der Waals surface area contributed by atoms with Crippen molar-refractivity contribution in [2.75, 3.05) is 19.0 Å². The predicted molar refractivity (Wildman–Crippen MR) is 61.7 cm³/mol. The second-order valence-corrected chi connectivity index (χ2v) is 3.58. The number of hydrogen-bond acceptors (Lipinski definition) is 2. The average molecular weight is 190 g/mol. The minimum Gasteiger partial charge on any atom is -0.376 e. The molecule has 0 unspecified atom stereocenters. The molecule has 2 heteroatoms. The Morgan fingerprint density at radius 3 is 2.93 bits per heavy atom. The number of pyridine rings is 1. The first-order valence-corrected chi connectivity index (χ1v) is 4.97. The van der Waals surface area contributed by atoms with Crippen LogP contribution >= 0.6 is 0 Å². The fourth-order valence-corrected chi connectivity index (χ4v) is 1.47. The van der Waals surface area contributed by atoms with Gasteiger partial charge in [0.15, 0.2) is 0 Å². The molecule has 14 heavy (non-hydrogen) atoms. The van der Waals surface area contributed by atoms with Crippen LogP contribution in [0, 0.1) is 0 Å². The molecule has 76 valence electrons. The lowest BCUT2D eigenvalue weighted by Crippen LogP contribution is -2.11. The zero-order valence-corrected chi connectivity index (χ0v) is 9.03. The zero-order valence-electron chi connectivity index (χ0n) is 9.03. The van der Waals surface area contributed by atoms with E-state index in [-0.39, 0.29) is 0 Å². The van der Waals surface area contributed by atoms with E-state index in [0.717, 1.165) is 19.3 Å². The summed E-state index contributed by atoms with van der Waals surface area (Å²) in [4.78, 5) is 6.24. The normalized spacial score (nSPS) is 9.86. The summed E-state index contributed by atoms with van der Waals surface area (Å²) >= 11 is 0. The Morgan fingerprint density at radius 2 is 2.29 bits per heavy atom. The van der Waals surface area contributed by atoms with Crippen molar-refractivity contribution in [3.63, 3.8) is 0 Å². The van der Waals surface area contributed by atoms with Gasteiger partial charge in [-0.05, 0) is 30.9 Å². The maximum absolute atomic E-state index is 4.13. The molecule has 0 aliphatic rings. The highest BCUT2D eigenvalue weighted by atomic mass is 15.1. The van der Waals surface area contributed by atoms with Gasteiger partial charge in [0.25, 0.3) is 0 Å². The van der Waals surface area contributed by atoms with Gasteiger partial charge in [0.2, 0.25) is 0 Å². The monoisotopic (exact) mass is 190 g/mol. The van der Waals surface area contributed by atoms with Gasteiger partial charge in [0, 0.05) is 20.3 Å². The number of allylic oxidation sites excluding steroid dienone is 1. The molecule has 0 aliphatic heterocycles. The van der Waals surface area contributed by atoms with Gasteiger partial charge in [-0.25, -0.2) is 0 Å². The quantitative estimate of drug-likeness (QED) is 0.524. The number of aromatic nitrogens is 1.